The maximum absolute atomic E-state index is 13.4. The molecule has 0 spiro atoms. The van der Waals surface area contributed by atoms with Crippen molar-refractivity contribution in [2.75, 3.05) is 14.2 Å². The van der Waals surface area contributed by atoms with Crippen LogP contribution in [-0.2, 0) is 9.26 Å². The van der Waals surface area contributed by atoms with Crippen molar-refractivity contribution in [2.24, 2.45) is 5.92 Å². The van der Waals surface area contributed by atoms with Crippen molar-refractivity contribution in [2.45, 2.75) is 64.5 Å². The number of aromatic amines is 1. The van der Waals surface area contributed by atoms with Gasteiger partial charge in [-0.05, 0) is 65.7 Å². The molecule has 1 aliphatic rings. The van der Waals surface area contributed by atoms with Gasteiger partial charge in [0.2, 0.25) is 0 Å². The van der Waals surface area contributed by atoms with Gasteiger partial charge in [0.1, 0.15) is 17.7 Å². The van der Waals surface area contributed by atoms with Gasteiger partial charge in [-0.2, -0.15) is 0 Å². The first-order valence-electron chi connectivity index (χ1n) is 16.6. The number of hydrogen-bond acceptors (Lipinski definition) is 6. The Morgan fingerprint density at radius 1 is 0.833 bits per heavy atom. The number of aryl methyl sites for hydroxylation is 1. The largest absolute Gasteiger partial charge is 0.404 e. The minimum atomic E-state index is -2.59. The van der Waals surface area contributed by atoms with Crippen LogP contribution in [-0.4, -0.2) is 60.3 Å². The first-order chi connectivity index (χ1) is 23.1. The lowest BCUT2D eigenvalue weighted by Crippen LogP contribution is -2.67. The van der Waals surface area contributed by atoms with Crippen LogP contribution in [0.3, 0.4) is 0 Å². The van der Waals surface area contributed by atoms with E-state index in [0.29, 0.717) is 16.9 Å². The average molecular weight is 663 g/mol. The summed E-state index contributed by atoms with van der Waals surface area (Å²) < 4.78 is 7.30. The van der Waals surface area contributed by atoms with E-state index in [-0.39, 0.29) is 28.8 Å². The number of carbonyl (C=O) groups excluding carboxylic acids is 2. The van der Waals surface area contributed by atoms with Crippen LogP contribution in [0.5, 0.6) is 0 Å². The highest BCUT2D eigenvalue weighted by Crippen LogP contribution is 2.40. The fraction of sp³-hybridized carbons (Fsp3) is 0.333. The average Bonchev–Trinajstić information content (AvgIpc) is 3.60. The Bertz CT molecular complexity index is 1770. The third-order valence-corrected chi connectivity index (χ3v) is 14.4. The van der Waals surface area contributed by atoms with Crippen molar-refractivity contribution in [1.82, 2.24) is 20.0 Å². The summed E-state index contributed by atoms with van der Waals surface area (Å²) in [5, 5.41) is 4.56. The van der Waals surface area contributed by atoms with E-state index in [1.54, 1.807) is 13.1 Å². The topological polar surface area (TPSA) is 97.4 Å². The third kappa shape index (κ3) is 7.33. The van der Waals surface area contributed by atoms with Crippen LogP contribution in [0.4, 0.5) is 0 Å². The second-order valence-electron chi connectivity index (χ2n) is 13.4. The maximum Gasteiger partial charge on any atom is 0.277 e. The molecule has 9 heteroatoms. The first-order valence-corrected chi connectivity index (χ1v) is 18.5. The van der Waals surface area contributed by atoms with Crippen LogP contribution in [0.15, 0.2) is 104 Å². The molecular weight excluding hydrogens is 617 g/mol. The maximum atomic E-state index is 13.4. The molecule has 1 aliphatic carbocycles. The Balaban J connectivity index is 0.000000292. The fourth-order valence-corrected chi connectivity index (χ4v) is 11.5. The molecule has 1 saturated carbocycles. The first kappa shape index (κ1) is 34.9. The Morgan fingerprint density at radius 3 is 1.98 bits per heavy atom. The van der Waals surface area contributed by atoms with Gasteiger partial charge >= 0.3 is 0 Å². The second-order valence-corrected chi connectivity index (χ2v) is 17.6. The lowest BCUT2D eigenvalue weighted by molar-refractivity contribution is -0.0757. The highest BCUT2D eigenvalue weighted by molar-refractivity contribution is 6.99. The lowest BCUT2D eigenvalue weighted by Gasteiger charge is -2.46. The van der Waals surface area contributed by atoms with E-state index in [2.05, 4.69) is 96.4 Å². The van der Waals surface area contributed by atoms with Crippen LogP contribution in [0.2, 0.25) is 5.04 Å². The van der Waals surface area contributed by atoms with Gasteiger partial charge in [0, 0.05) is 36.2 Å². The predicted octanol–water partition coefficient (Wildman–Crippen LogP) is 6.90. The quantitative estimate of drug-likeness (QED) is 0.110. The smallest absolute Gasteiger partial charge is 0.277 e. The molecule has 1 N–H and O–H groups in total. The number of rotatable bonds is 8. The van der Waals surface area contributed by atoms with Gasteiger partial charge in [-0.3, -0.25) is 14.4 Å². The van der Waals surface area contributed by atoms with Crippen LogP contribution in [0, 0.1) is 12.8 Å². The third-order valence-electron chi connectivity index (χ3n) is 9.33. The molecule has 250 valence electrons. The molecule has 1 amide bonds. The van der Waals surface area contributed by atoms with Gasteiger partial charge < -0.3 is 9.41 Å². The molecule has 1 fully saturated rings. The normalized spacial score (nSPS) is 16.5. The number of nitrogens with zero attached hydrogens (tertiary/aromatic N) is 3. The molecule has 0 aliphatic heterocycles. The predicted molar refractivity (Wildman–Crippen MR) is 193 cm³/mol. The Labute approximate surface area is 284 Å². The number of H-pyrrole nitrogens is 1. The van der Waals surface area contributed by atoms with E-state index in [4.69, 9.17) is 9.26 Å². The summed E-state index contributed by atoms with van der Waals surface area (Å²) in [6, 6.07) is 30.9. The van der Waals surface area contributed by atoms with Crippen LogP contribution < -0.4 is 10.4 Å². The molecule has 0 saturated heterocycles. The van der Waals surface area contributed by atoms with E-state index in [1.165, 1.54) is 28.9 Å². The summed E-state index contributed by atoms with van der Waals surface area (Å²) in [7, 11) is 0.474. The van der Waals surface area contributed by atoms with Crippen molar-refractivity contribution in [1.29, 1.82) is 0 Å². The minimum absolute atomic E-state index is 0.0259. The standard InChI is InChI=1S/C29H33N3O2Si.C10H13NO2/c1-29(2,3)35(23-10-6-4-7-11-23,24-12-8-5-9-13-24)34-22-16-14-21(15-17-22)27(33)26-25-18-19-30-28(25)32-20-31-26;1-8-6-4-5-7-9(8)10(12)11(2)13-3/h4-13,18-22H,14-17H2,1-3H3,(H,30,31,32);4-7H,1-3H3. The number of nitrogens with one attached hydrogen (secondary N) is 1. The monoisotopic (exact) mass is 662 g/mol. The molecule has 5 aromatic rings. The fourth-order valence-electron chi connectivity index (χ4n) is 6.71. The highest BCUT2D eigenvalue weighted by atomic mass is 28.4. The highest BCUT2D eigenvalue weighted by Gasteiger charge is 2.51. The molecule has 0 bridgehead atoms. The van der Waals surface area contributed by atoms with E-state index >= 15 is 0 Å². The Morgan fingerprint density at radius 2 is 1.42 bits per heavy atom. The van der Waals surface area contributed by atoms with Crippen molar-refractivity contribution in [3.63, 3.8) is 0 Å². The van der Waals surface area contributed by atoms with Gasteiger partial charge in [0.05, 0.1) is 7.11 Å². The summed E-state index contributed by atoms with van der Waals surface area (Å²) in [6.07, 6.45) is 6.80. The van der Waals surface area contributed by atoms with E-state index in [1.807, 2.05) is 37.4 Å². The van der Waals surface area contributed by atoms with Gasteiger partial charge in [-0.25, -0.2) is 15.0 Å². The summed E-state index contributed by atoms with van der Waals surface area (Å²) in [5.41, 5.74) is 2.88. The number of ketones is 1. The van der Waals surface area contributed by atoms with E-state index in [9.17, 15) is 9.59 Å². The molecule has 3 aromatic carbocycles. The van der Waals surface area contributed by atoms with Crippen molar-refractivity contribution < 1.29 is 18.9 Å². The molecule has 0 radical (unpaired) electrons. The van der Waals surface area contributed by atoms with Crippen molar-refractivity contribution in [3.8, 4) is 0 Å². The molecule has 6 rings (SSSR count). The Kier molecular flexibility index (Phi) is 11.0. The Hall–Kier alpha value is -4.44. The van der Waals surface area contributed by atoms with Gasteiger partial charge in [-0.15, -0.1) is 0 Å². The van der Waals surface area contributed by atoms with E-state index in [0.717, 1.165) is 36.6 Å². The lowest BCUT2D eigenvalue weighted by atomic mass is 9.83. The molecule has 2 heterocycles. The number of fused-ring (bicyclic) bond motifs is 1. The van der Waals surface area contributed by atoms with Crippen LogP contribution in [0.1, 0.15) is 72.9 Å². The molecular formula is C39H46N4O4Si. The number of aromatic nitrogens is 3. The number of Topliss-reactive ketones (excluding diaryl/α,β-unsaturated/α-hetero) is 1. The van der Waals surface area contributed by atoms with Gasteiger partial charge in [0.25, 0.3) is 14.2 Å². The number of hydrogen-bond donors (Lipinski definition) is 1. The molecule has 2 aromatic heterocycles. The summed E-state index contributed by atoms with van der Waals surface area (Å²) in [4.78, 5) is 41.4. The molecule has 8 nitrogen and oxygen atoms in total. The summed E-state index contributed by atoms with van der Waals surface area (Å²) in [5.74, 6) is -0.0245. The van der Waals surface area contributed by atoms with Gasteiger partial charge in [0.15, 0.2) is 5.78 Å². The summed E-state index contributed by atoms with van der Waals surface area (Å²) in [6.45, 7) is 8.83. The number of hydroxylamine groups is 2. The zero-order valence-electron chi connectivity index (χ0n) is 28.8. The molecule has 48 heavy (non-hydrogen) atoms. The van der Waals surface area contributed by atoms with Crippen molar-refractivity contribution in [3.05, 3.63) is 120 Å². The second kappa shape index (κ2) is 15.2. The molecule has 0 unspecified atom stereocenters. The van der Waals surface area contributed by atoms with Crippen LogP contribution >= 0.6 is 0 Å². The number of amides is 1. The SMILES string of the molecule is CC(C)(C)[Si](OC1CCC(C(=O)c2ncnc3[nH]ccc23)CC1)(c1ccccc1)c1ccccc1.CON(C)C(=O)c1ccccc1C. The zero-order valence-corrected chi connectivity index (χ0v) is 29.8. The number of benzene rings is 3. The number of carbonyl (C=O) groups is 2. The van der Waals surface area contributed by atoms with Crippen LogP contribution in [0.25, 0.3) is 11.0 Å². The van der Waals surface area contributed by atoms with Gasteiger partial charge in [-0.1, -0.05) is 99.6 Å². The van der Waals surface area contributed by atoms with Crippen molar-refractivity contribution >= 4 is 41.4 Å². The summed E-state index contributed by atoms with van der Waals surface area (Å²) >= 11 is 0. The van der Waals surface area contributed by atoms with E-state index < -0.39 is 8.32 Å². The molecule has 0 atom stereocenters. The minimum Gasteiger partial charge on any atom is -0.404 e. The zero-order chi connectivity index (χ0) is 34.3.